The van der Waals surface area contributed by atoms with Crippen LogP contribution >= 0.6 is 0 Å². The van der Waals surface area contributed by atoms with E-state index in [-0.39, 0.29) is 12.5 Å². The number of hydrogen-bond acceptors (Lipinski definition) is 5. The molecular weight excluding hydrogens is 382 g/mol. The highest BCUT2D eigenvalue weighted by atomic mass is 16.5. The molecule has 0 spiro atoms. The number of benzene rings is 3. The van der Waals surface area contributed by atoms with Gasteiger partial charge in [0.05, 0.1) is 20.8 Å². The molecule has 0 radical (unpaired) electrons. The number of ether oxygens (including phenoxy) is 4. The van der Waals surface area contributed by atoms with E-state index in [1.165, 1.54) is 0 Å². The van der Waals surface area contributed by atoms with Gasteiger partial charge in [-0.2, -0.15) is 0 Å². The average Bonchev–Trinajstić information content (AvgIpc) is 2.78. The Labute approximate surface area is 176 Å². The first kappa shape index (κ1) is 21.0. The van der Waals surface area contributed by atoms with Gasteiger partial charge in [-0.05, 0) is 49.4 Å². The van der Waals surface area contributed by atoms with Crippen LogP contribution < -0.4 is 24.3 Å². The van der Waals surface area contributed by atoms with Crippen molar-refractivity contribution in [3.63, 3.8) is 0 Å². The van der Waals surface area contributed by atoms with Crippen LogP contribution in [0.1, 0.15) is 22.8 Å². The summed E-state index contributed by atoms with van der Waals surface area (Å²) in [6.07, 6.45) is 0. The molecule has 0 aromatic heterocycles. The number of nitrogens with one attached hydrogen (secondary N) is 1. The topological polar surface area (TPSA) is 66.0 Å². The Hall–Kier alpha value is -3.67. The van der Waals surface area contributed by atoms with Crippen LogP contribution in [0.5, 0.6) is 23.0 Å². The number of carbonyl (C=O) groups is 1. The molecule has 0 heterocycles. The predicted octanol–water partition coefficient (Wildman–Crippen LogP) is 4.93. The van der Waals surface area contributed by atoms with Crippen LogP contribution in [-0.4, -0.2) is 26.7 Å². The van der Waals surface area contributed by atoms with E-state index < -0.39 is 0 Å². The number of amides is 1. The Bertz CT molecular complexity index is 1000. The minimum atomic E-state index is -0.228. The third-order valence-corrected chi connectivity index (χ3v) is 4.39. The fourth-order valence-corrected chi connectivity index (χ4v) is 2.89. The molecule has 3 aromatic carbocycles. The lowest BCUT2D eigenvalue weighted by Crippen LogP contribution is -2.13. The van der Waals surface area contributed by atoms with E-state index >= 15 is 0 Å². The fraction of sp³-hybridized carbons (Fsp3) is 0.208. The Balaban J connectivity index is 1.78. The molecule has 3 aromatic rings. The van der Waals surface area contributed by atoms with Gasteiger partial charge in [0.1, 0.15) is 29.6 Å². The summed E-state index contributed by atoms with van der Waals surface area (Å²) in [5, 5.41) is 2.88. The van der Waals surface area contributed by atoms with Gasteiger partial charge in [0.15, 0.2) is 0 Å². The lowest BCUT2D eigenvalue weighted by molar-refractivity contribution is 0.102. The summed E-state index contributed by atoms with van der Waals surface area (Å²) in [6, 6.07) is 19.9. The van der Waals surface area contributed by atoms with Gasteiger partial charge in [-0.1, -0.05) is 12.1 Å². The largest absolute Gasteiger partial charge is 0.497 e. The van der Waals surface area contributed by atoms with Crippen molar-refractivity contribution in [2.24, 2.45) is 0 Å². The Morgan fingerprint density at radius 3 is 2.27 bits per heavy atom. The molecule has 6 nitrogen and oxygen atoms in total. The summed E-state index contributed by atoms with van der Waals surface area (Å²) in [6.45, 7) is 2.68. The minimum Gasteiger partial charge on any atom is -0.497 e. The molecule has 0 saturated heterocycles. The van der Waals surface area contributed by atoms with Gasteiger partial charge in [0, 0.05) is 28.9 Å². The molecule has 0 aliphatic heterocycles. The molecule has 0 atom stereocenters. The first-order valence-electron chi connectivity index (χ1n) is 9.61. The first-order valence-corrected chi connectivity index (χ1v) is 9.61. The third-order valence-electron chi connectivity index (χ3n) is 4.39. The highest BCUT2D eigenvalue weighted by molar-refractivity contribution is 6.04. The van der Waals surface area contributed by atoms with Crippen molar-refractivity contribution in [2.45, 2.75) is 13.5 Å². The van der Waals surface area contributed by atoms with Gasteiger partial charge >= 0.3 is 0 Å². The van der Waals surface area contributed by atoms with Crippen LogP contribution in [0.15, 0.2) is 66.7 Å². The van der Waals surface area contributed by atoms with E-state index in [2.05, 4.69) is 5.32 Å². The minimum absolute atomic E-state index is 0.228. The number of methoxy groups -OCH3 is 2. The molecule has 0 aliphatic carbocycles. The van der Waals surface area contributed by atoms with Crippen molar-refractivity contribution in [1.82, 2.24) is 0 Å². The molecule has 30 heavy (non-hydrogen) atoms. The van der Waals surface area contributed by atoms with Crippen molar-refractivity contribution < 1.29 is 23.7 Å². The summed E-state index contributed by atoms with van der Waals surface area (Å²) in [5.74, 6) is 2.51. The van der Waals surface area contributed by atoms with Crippen LogP contribution in [0.3, 0.4) is 0 Å². The maximum absolute atomic E-state index is 12.7. The van der Waals surface area contributed by atoms with Crippen molar-refractivity contribution in [1.29, 1.82) is 0 Å². The van der Waals surface area contributed by atoms with Gasteiger partial charge in [-0.15, -0.1) is 0 Å². The quantitative estimate of drug-likeness (QED) is 0.545. The van der Waals surface area contributed by atoms with E-state index in [4.69, 9.17) is 18.9 Å². The zero-order valence-corrected chi connectivity index (χ0v) is 17.3. The van der Waals surface area contributed by atoms with E-state index in [0.717, 1.165) is 5.56 Å². The first-order chi connectivity index (χ1) is 14.6. The normalized spacial score (nSPS) is 10.2. The standard InChI is InChI=1S/C24H25NO5/c1-4-29-23-12-11-17(24(26)25-19-7-5-8-20(14-19)27-2)13-18(23)16-30-22-10-6-9-21(15-22)28-3/h5-15H,4,16H2,1-3H3,(H,25,26). The van der Waals surface area contributed by atoms with Crippen molar-refractivity contribution in [3.05, 3.63) is 77.9 Å². The van der Waals surface area contributed by atoms with Crippen LogP contribution in [-0.2, 0) is 6.61 Å². The second kappa shape index (κ2) is 10.2. The summed E-state index contributed by atoms with van der Waals surface area (Å²) >= 11 is 0. The second-order valence-electron chi connectivity index (χ2n) is 6.41. The van der Waals surface area contributed by atoms with E-state index in [1.807, 2.05) is 43.3 Å². The zero-order valence-electron chi connectivity index (χ0n) is 17.3. The summed E-state index contributed by atoms with van der Waals surface area (Å²) in [5.41, 5.74) is 1.94. The average molecular weight is 407 g/mol. The molecule has 1 N–H and O–H groups in total. The molecule has 0 bridgehead atoms. The molecule has 1 amide bonds. The molecule has 0 saturated carbocycles. The molecule has 6 heteroatoms. The summed E-state index contributed by atoms with van der Waals surface area (Å²) < 4.78 is 22.0. The molecule has 3 rings (SSSR count). The Kier molecular flexibility index (Phi) is 7.16. The van der Waals surface area contributed by atoms with E-state index in [0.29, 0.717) is 40.9 Å². The Morgan fingerprint density at radius 2 is 1.53 bits per heavy atom. The fourth-order valence-electron chi connectivity index (χ4n) is 2.89. The van der Waals surface area contributed by atoms with Crippen molar-refractivity contribution >= 4 is 11.6 Å². The van der Waals surface area contributed by atoms with Gasteiger partial charge in [-0.25, -0.2) is 0 Å². The van der Waals surface area contributed by atoms with Gasteiger partial charge in [0.25, 0.3) is 5.91 Å². The SMILES string of the molecule is CCOc1ccc(C(=O)Nc2cccc(OC)c2)cc1COc1cccc(OC)c1. The Morgan fingerprint density at radius 1 is 0.833 bits per heavy atom. The van der Waals surface area contributed by atoms with Gasteiger partial charge in [-0.3, -0.25) is 4.79 Å². The summed E-state index contributed by atoms with van der Waals surface area (Å²) in [4.78, 5) is 12.7. The van der Waals surface area contributed by atoms with Crippen LogP contribution in [0, 0.1) is 0 Å². The zero-order chi connectivity index (χ0) is 21.3. The van der Waals surface area contributed by atoms with Gasteiger partial charge in [0.2, 0.25) is 0 Å². The molecular formula is C24H25NO5. The molecule has 0 aliphatic rings. The van der Waals surface area contributed by atoms with E-state index in [1.54, 1.807) is 44.6 Å². The lowest BCUT2D eigenvalue weighted by Gasteiger charge is -2.14. The highest BCUT2D eigenvalue weighted by Crippen LogP contribution is 2.25. The smallest absolute Gasteiger partial charge is 0.255 e. The maximum atomic E-state index is 12.7. The lowest BCUT2D eigenvalue weighted by atomic mass is 10.1. The van der Waals surface area contributed by atoms with Gasteiger partial charge < -0.3 is 24.3 Å². The summed E-state index contributed by atoms with van der Waals surface area (Å²) in [7, 11) is 3.19. The molecule has 0 fully saturated rings. The number of carbonyl (C=O) groups excluding carboxylic acids is 1. The highest BCUT2D eigenvalue weighted by Gasteiger charge is 2.12. The predicted molar refractivity (Wildman–Crippen MR) is 116 cm³/mol. The van der Waals surface area contributed by atoms with Crippen molar-refractivity contribution in [2.75, 3.05) is 26.1 Å². The maximum Gasteiger partial charge on any atom is 0.255 e. The molecule has 156 valence electrons. The van der Waals surface area contributed by atoms with Crippen molar-refractivity contribution in [3.8, 4) is 23.0 Å². The number of anilines is 1. The van der Waals surface area contributed by atoms with E-state index in [9.17, 15) is 4.79 Å². The monoisotopic (exact) mass is 407 g/mol. The van der Waals surface area contributed by atoms with Crippen LogP contribution in [0.4, 0.5) is 5.69 Å². The van der Waals surface area contributed by atoms with Crippen LogP contribution in [0.2, 0.25) is 0 Å². The third kappa shape index (κ3) is 5.44. The second-order valence-corrected chi connectivity index (χ2v) is 6.41. The number of hydrogen-bond donors (Lipinski definition) is 1. The molecule has 0 unspecified atom stereocenters. The van der Waals surface area contributed by atoms with Crippen LogP contribution in [0.25, 0.3) is 0 Å². The number of rotatable bonds is 9.